The Morgan fingerprint density at radius 3 is 1.91 bits per heavy atom. The lowest BCUT2D eigenvalue weighted by atomic mass is 9.81. The van der Waals surface area contributed by atoms with Crippen LogP contribution in [0, 0.1) is 16.7 Å². The van der Waals surface area contributed by atoms with E-state index in [9.17, 15) is 10.4 Å². The zero-order chi connectivity index (χ0) is 23.7. The molecule has 1 aliphatic heterocycles. The fourth-order valence-corrected chi connectivity index (χ4v) is 4.04. The van der Waals surface area contributed by atoms with E-state index in [0.717, 1.165) is 0 Å². The number of hydrogen-bond acceptors (Lipinski definition) is 7. The molecule has 32 heavy (non-hydrogen) atoms. The monoisotopic (exact) mass is 439 g/mol. The van der Waals surface area contributed by atoms with Crippen molar-refractivity contribution in [1.29, 1.82) is 5.26 Å². The molecule has 0 saturated heterocycles. The molecule has 2 aromatic carbocycles. The van der Waals surface area contributed by atoms with Crippen LogP contribution in [-0.2, 0) is 10.3 Å². The number of phenolic OH excluding ortho intramolecular Hbond substituents is 1. The van der Waals surface area contributed by atoms with Gasteiger partial charge in [-0.25, -0.2) is 0 Å². The predicted molar refractivity (Wildman–Crippen MR) is 119 cm³/mol. The first-order chi connectivity index (χ1) is 15.1. The summed E-state index contributed by atoms with van der Waals surface area (Å²) in [5.41, 5.74) is 0.411. The zero-order valence-corrected chi connectivity index (χ0v) is 19.5. The van der Waals surface area contributed by atoms with Crippen LogP contribution in [0.2, 0.25) is 0 Å². The van der Waals surface area contributed by atoms with Crippen molar-refractivity contribution in [3.63, 3.8) is 0 Å². The van der Waals surface area contributed by atoms with Gasteiger partial charge in [0.15, 0.2) is 28.6 Å². The number of phenols is 1. The van der Waals surface area contributed by atoms with Crippen molar-refractivity contribution in [2.45, 2.75) is 32.8 Å². The van der Waals surface area contributed by atoms with Crippen molar-refractivity contribution in [3.05, 3.63) is 52.8 Å². The number of benzene rings is 2. The van der Waals surface area contributed by atoms with Gasteiger partial charge in [0.05, 0.1) is 40.1 Å². The highest BCUT2D eigenvalue weighted by Gasteiger charge is 2.48. The highest BCUT2D eigenvalue weighted by Crippen LogP contribution is 2.54. The second-order valence-corrected chi connectivity index (χ2v) is 8.58. The Labute approximate surface area is 188 Å². The number of hydrogen-bond donors (Lipinski definition) is 1. The molecule has 0 amide bonds. The van der Waals surface area contributed by atoms with Gasteiger partial charge in [-0.3, -0.25) is 0 Å². The smallest absolute Gasteiger partial charge is 0.203 e. The summed E-state index contributed by atoms with van der Waals surface area (Å²) >= 11 is 0. The molecular formula is C25H29NO6. The fraction of sp³-hybridized carbons (Fsp3) is 0.400. The molecule has 0 aliphatic carbocycles. The molecule has 0 saturated carbocycles. The average molecular weight is 440 g/mol. The highest BCUT2D eigenvalue weighted by atomic mass is 16.5. The van der Waals surface area contributed by atoms with Gasteiger partial charge < -0.3 is 28.8 Å². The first kappa shape index (κ1) is 23.1. The summed E-state index contributed by atoms with van der Waals surface area (Å²) < 4.78 is 28.4. The normalized spacial score (nSPS) is 18.1. The van der Waals surface area contributed by atoms with Gasteiger partial charge in [0.25, 0.3) is 0 Å². The third kappa shape index (κ3) is 3.77. The topological polar surface area (TPSA) is 90.2 Å². The van der Waals surface area contributed by atoms with Gasteiger partial charge in [-0.2, -0.15) is 5.26 Å². The Balaban J connectivity index is 2.32. The third-order valence-corrected chi connectivity index (χ3v) is 5.57. The Morgan fingerprint density at radius 2 is 1.50 bits per heavy atom. The summed E-state index contributed by atoms with van der Waals surface area (Å²) in [7, 11) is 6.11. The van der Waals surface area contributed by atoms with Crippen LogP contribution in [0.15, 0.2) is 41.7 Å². The van der Waals surface area contributed by atoms with E-state index in [2.05, 4.69) is 6.07 Å². The number of nitrogens with zero attached hydrogens (tertiary/aromatic N) is 1. The molecular weight excluding hydrogens is 410 g/mol. The molecule has 1 heterocycles. The van der Waals surface area contributed by atoms with Crippen molar-refractivity contribution in [3.8, 4) is 34.8 Å². The maximum atomic E-state index is 10.5. The third-order valence-electron chi connectivity index (χ3n) is 5.57. The van der Waals surface area contributed by atoms with E-state index in [1.807, 2.05) is 39.0 Å². The Morgan fingerprint density at radius 1 is 0.906 bits per heavy atom. The molecule has 7 nitrogen and oxygen atoms in total. The van der Waals surface area contributed by atoms with E-state index in [4.69, 9.17) is 23.7 Å². The molecule has 0 radical (unpaired) electrons. The van der Waals surface area contributed by atoms with E-state index in [1.165, 1.54) is 14.2 Å². The van der Waals surface area contributed by atoms with Crippen LogP contribution in [0.1, 0.15) is 38.3 Å². The van der Waals surface area contributed by atoms with Gasteiger partial charge in [-0.1, -0.05) is 26.8 Å². The van der Waals surface area contributed by atoms with Crippen LogP contribution in [0.25, 0.3) is 0 Å². The van der Waals surface area contributed by atoms with E-state index in [1.54, 1.807) is 26.4 Å². The summed E-state index contributed by atoms with van der Waals surface area (Å²) in [4.78, 5) is 0. The van der Waals surface area contributed by atoms with Gasteiger partial charge in [0.1, 0.15) is 5.76 Å². The first-order valence-electron chi connectivity index (χ1n) is 10.2. The number of allylic oxidation sites excluding steroid dienone is 1. The molecule has 0 spiro atoms. The molecule has 1 N–H and O–H groups in total. The first-order valence-corrected chi connectivity index (χ1v) is 10.2. The Bertz CT molecular complexity index is 1070. The molecule has 7 heteroatoms. The lowest BCUT2D eigenvalue weighted by Crippen LogP contribution is -2.29. The number of rotatable bonds is 6. The van der Waals surface area contributed by atoms with Gasteiger partial charge in [-0.15, -0.1) is 0 Å². The van der Waals surface area contributed by atoms with Gasteiger partial charge in [0.2, 0.25) is 5.75 Å². The molecule has 0 fully saturated rings. The summed E-state index contributed by atoms with van der Waals surface area (Å²) in [5, 5.41) is 20.4. The minimum atomic E-state index is -1.09. The number of methoxy groups -OCH3 is 4. The van der Waals surface area contributed by atoms with Crippen molar-refractivity contribution in [1.82, 2.24) is 0 Å². The quantitative estimate of drug-likeness (QED) is 0.684. The average Bonchev–Trinajstić information content (AvgIpc) is 3.19. The molecule has 0 bridgehead atoms. The molecule has 1 unspecified atom stereocenters. The predicted octanol–water partition coefficient (Wildman–Crippen LogP) is 4.91. The van der Waals surface area contributed by atoms with E-state index in [-0.39, 0.29) is 12.2 Å². The van der Waals surface area contributed by atoms with Crippen molar-refractivity contribution < 1.29 is 28.8 Å². The van der Waals surface area contributed by atoms with Crippen molar-refractivity contribution in [2.24, 2.45) is 5.41 Å². The standard InChI is InChI=1S/C25H29NO6/c1-24(2,3)23-15(14-26)13-25(32-23,16-8-9-19(28-4)18(27)10-16)17-11-20(29-5)22(31-7)21(12-17)30-6/h8-12,27H,13H2,1-7H3. The highest BCUT2D eigenvalue weighted by molar-refractivity contribution is 5.59. The van der Waals surface area contributed by atoms with Crippen LogP contribution in [-0.4, -0.2) is 33.5 Å². The summed E-state index contributed by atoms with van der Waals surface area (Å²) in [6.07, 6.45) is 0.278. The van der Waals surface area contributed by atoms with Gasteiger partial charge in [0, 0.05) is 23.0 Å². The largest absolute Gasteiger partial charge is 0.504 e. The second-order valence-electron chi connectivity index (χ2n) is 8.58. The molecule has 2 aromatic rings. The van der Waals surface area contributed by atoms with Gasteiger partial charge >= 0.3 is 0 Å². The lowest BCUT2D eigenvalue weighted by molar-refractivity contribution is 0.0321. The minimum absolute atomic E-state index is 0.0249. The van der Waals surface area contributed by atoms with Crippen LogP contribution in [0.4, 0.5) is 0 Å². The van der Waals surface area contributed by atoms with Crippen LogP contribution >= 0.6 is 0 Å². The molecule has 0 aromatic heterocycles. The number of aromatic hydroxyl groups is 1. The second kappa shape index (κ2) is 8.54. The zero-order valence-electron chi connectivity index (χ0n) is 19.5. The van der Waals surface area contributed by atoms with Gasteiger partial charge in [-0.05, 0) is 24.3 Å². The summed E-state index contributed by atoms with van der Waals surface area (Å²) in [5.74, 6) is 2.30. The van der Waals surface area contributed by atoms with Crippen LogP contribution in [0.5, 0.6) is 28.7 Å². The van der Waals surface area contributed by atoms with Crippen LogP contribution < -0.4 is 18.9 Å². The molecule has 1 atom stereocenters. The number of nitriles is 1. The van der Waals surface area contributed by atoms with Crippen molar-refractivity contribution >= 4 is 0 Å². The SMILES string of the molecule is COc1ccc(C2(c3cc(OC)c(OC)c(OC)c3)CC(C#N)=C(C(C)(C)C)O2)cc1O. The van der Waals surface area contributed by atoms with E-state index < -0.39 is 11.0 Å². The molecule has 3 rings (SSSR count). The number of ether oxygens (including phenoxy) is 5. The molecule has 1 aliphatic rings. The van der Waals surface area contributed by atoms with E-state index >= 15 is 0 Å². The fourth-order valence-electron chi connectivity index (χ4n) is 4.04. The molecule has 170 valence electrons. The van der Waals surface area contributed by atoms with Crippen molar-refractivity contribution in [2.75, 3.05) is 28.4 Å². The maximum Gasteiger partial charge on any atom is 0.203 e. The Kier molecular flexibility index (Phi) is 6.18. The van der Waals surface area contributed by atoms with E-state index in [0.29, 0.717) is 45.5 Å². The minimum Gasteiger partial charge on any atom is -0.504 e. The lowest BCUT2D eigenvalue weighted by Gasteiger charge is -2.34. The van der Waals surface area contributed by atoms with Crippen LogP contribution in [0.3, 0.4) is 0 Å². The summed E-state index contributed by atoms with van der Waals surface area (Å²) in [6, 6.07) is 11.0. The Hall–Kier alpha value is -3.53. The maximum absolute atomic E-state index is 10.5. The summed E-state index contributed by atoms with van der Waals surface area (Å²) in [6.45, 7) is 5.99.